The van der Waals surface area contributed by atoms with Gasteiger partial charge in [0.1, 0.15) is 24.1 Å². The third kappa shape index (κ3) is 4.70. The number of anilines is 2. The van der Waals surface area contributed by atoms with Gasteiger partial charge in [0.2, 0.25) is 5.82 Å². The van der Waals surface area contributed by atoms with E-state index in [-0.39, 0.29) is 41.3 Å². The molecule has 3 aliphatic rings. The molecule has 184 valence electrons. The van der Waals surface area contributed by atoms with E-state index in [2.05, 4.69) is 21.4 Å². The fourth-order valence-corrected chi connectivity index (χ4v) is 4.67. The van der Waals surface area contributed by atoms with Gasteiger partial charge in [-0.05, 0) is 44.4 Å². The number of fused-ring (bicyclic) bond motifs is 2. The maximum Gasteiger partial charge on any atom is 0.410 e. The predicted molar refractivity (Wildman–Crippen MR) is 124 cm³/mol. The summed E-state index contributed by atoms with van der Waals surface area (Å²) in [5, 5.41) is 12.8. The van der Waals surface area contributed by atoms with Crippen molar-refractivity contribution in [3.05, 3.63) is 40.4 Å². The van der Waals surface area contributed by atoms with Gasteiger partial charge in [-0.3, -0.25) is 0 Å². The summed E-state index contributed by atoms with van der Waals surface area (Å²) in [6, 6.07) is 5.30. The molecule has 1 saturated carbocycles. The maximum atomic E-state index is 15.4. The van der Waals surface area contributed by atoms with Crippen molar-refractivity contribution < 1.29 is 23.4 Å². The number of hydrogen-bond acceptors (Lipinski definition) is 8. The Balaban J connectivity index is 1.32. The first-order chi connectivity index (χ1) is 16.8. The first kappa shape index (κ1) is 23.6. The van der Waals surface area contributed by atoms with Crippen LogP contribution in [0.15, 0.2) is 18.5 Å². The van der Waals surface area contributed by atoms with Crippen LogP contribution in [-0.2, 0) is 9.47 Å². The third-order valence-corrected chi connectivity index (χ3v) is 7.23. The number of aromatic nitrogens is 2. The van der Waals surface area contributed by atoms with E-state index >= 15 is 4.39 Å². The number of likely N-dealkylation sites (tertiary alicyclic amines) is 1. The molecule has 3 fully saturated rings. The van der Waals surface area contributed by atoms with Crippen LogP contribution >= 0.6 is 11.6 Å². The Bertz CT molecular complexity index is 1190. The van der Waals surface area contributed by atoms with Crippen LogP contribution in [0.2, 0.25) is 5.02 Å². The van der Waals surface area contributed by atoms with Gasteiger partial charge in [0.05, 0.1) is 24.5 Å². The number of nitrogens with one attached hydrogen (secondary N) is 1. The van der Waals surface area contributed by atoms with Crippen LogP contribution in [0.4, 0.5) is 20.7 Å². The highest BCUT2D eigenvalue weighted by molar-refractivity contribution is 6.31. The van der Waals surface area contributed by atoms with Crippen molar-refractivity contribution in [2.45, 2.75) is 38.4 Å². The molecular weight excluding hydrogens is 477 g/mol. The second-order valence-corrected chi connectivity index (χ2v) is 9.94. The molecule has 2 aromatic rings. The van der Waals surface area contributed by atoms with E-state index in [1.165, 1.54) is 6.33 Å². The lowest BCUT2D eigenvalue weighted by Gasteiger charge is -2.46. The number of nitriles is 1. The lowest BCUT2D eigenvalue weighted by molar-refractivity contribution is -0.112. The van der Waals surface area contributed by atoms with Gasteiger partial charge in [-0.25, -0.2) is 9.78 Å². The SMILES string of the molecule is Cc1c(Cl)ccc(Nc2ncnc(OC3C4COCC3CN(C(=O)OC3(C)CC3)C4)c2F)c1C#N. The molecule has 1 aromatic heterocycles. The van der Waals surface area contributed by atoms with Gasteiger partial charge in [-0.15, -0.1) is 0 Å². The zero-order chi connectivity index (χ0) is 24.7. The van der Waals surface area contributed by atoms with Crippen molar-refractivity contribution in [1.82, 2.24) is 14.9 Å². The molecule has 2 unspecified atom stereocenters. The fourth-order valence-electron chi connectivity index (χ4n) is 4.51. The lowest BCUT2D eigenvalue weighted by Crippen LogP contribution is -2.59. The minimum absolute atomic E-state index is 0.117. The summed E-state index contributed by atoms with van der Waals surface area (Å²) in [4.78, 5) is 22.3. The Morgan fingerprint density at radius 3 is 2.69 bits per heavy atom. The van der Waals surface area contributed by atoms with Gasteiger partial charge in [-0.1, -0.05) is 11.6 Å². The predicted octanol–water partition coefficient (Wildman–Crippen LogP) is 4.21. The number of piperidine rings is 1. The first-order valence-electron chi connectivity index (χ1n) is 11.5. The fraction of sp³-hybridized carbons (Fsp3) is 0.500. The highest BCUT2D eigenvalue weighted by Gasteiger charge is 2.47. The number of nitrogens with zero attached hydrogens (tertiary/aromatic N) is 4. The van der Waals surface area contributed by atoms with Crippen LogP contribution < -0.4 is 10.1 Å². The van der Waals surface area contributed by atoms with Gasteiger partial charge in [0.15, 0.2) is 5.82 Å². The second-order valence-electron chi connectivity index (χ2n) is 9.54. The Kier molecular flexibility index (Phi) is 6.15. The molecule has 2 saturated heterocycles. The largest absolute Gasteiger partial charge is 0.471 e. The zero-order valence-corrected chi connectivity index (χ0v) is 20.1. The number of carbonyl (C=O) groups excluding carboxylic acids is 1. The number of carbonyl (C=O) groups is 1. The second kappa shape index (κ2) is 9.13. The zero-order valence-electron chi connectivity index (χ0n) is 19.4. The molecule has 35 heavy (non-hydrogen) atoms. The minimum Gasteiger partial charge on any atom is -0.471 e. The quantitative estimate of drug-likeness (QED) is 0.649. The van der Waals surface area contributed by atoms with E-state index in [0.29, 0.717) is 48.1 Å². The van der Waals surface area contributed by atoms with Crippen molar-refractivity contribution in [2.75, 3.05) is 31.6 Å². The van der Waals surface area contributed by atoms with Crippen LogP contribution in [0.25, 0.3) is 0 Å². The molecule has 0 spiro atoms. The number of halogens is 2. The maximum absolute atomic E-state index is 15.4. The van der Waals surface area contributed by atoms with E-state index in [9.17, 15) is 10.1 Å². The Hall–Kier alpha value is -3.16. The molecule has 1 amide bonds. The van der Waals surface area contributed by atoms with E-state index in [0.717, 1.165) is 12.8 Å². The molecule has 2 bridgehead atoms. The number of hydrogen-bond donors (Lipinski definition) is 1. The number of ether oxygens (including phenoxy) is 3. The lowest BCUT2D eigenvalue weighted by atomic mass is 9.84. The van der Waals surface area contributed by atoms with Crippen LogP contribution in [0.1, 0.15) is 30.9 Å². The van der Waals surface area contributed by atoms with Crippen molar-refractivity contribution in [1.29, 1.82) is 5.26 Å². The smallest absolute Gasteiger partial charge is 0.410 e. The van der Waals surface area contributed by atoms with Crippen molar-refractivity contribution in [2.24, 2.45) is 11.8 Å². The normalized spacial score (nSPS) is 24.3. The summed E-state index contributed by atoms with van der Waals surface area (Å²) in [5.41, 5.74) is 0.902. The summed E-state index contributed by atoms with van der Waals surface area (Å²) in [7, 11) is 0. The molecule has 5 rings (SSSR count). The summed E-state index contributed by atoms with van der Waals surface area (Å²) < 4.78 is 32.7. The van der Waals surface area contributed by atoms with E-state index in [1.54, 1.807) is 24.0 Å². The molecule has 1 aromatic carbocycles. The molecule has 2 atom stereocenters. The molecule has 1 N–H and O–H groups in total. The van der Waals surface area contributed by atoms with Crippen LogP contribution in [0.3, 0.4) is 0 Å². The van der Waals surface area contributed by atoms with Crippen LogP contribution in [-0.4, -0.2) is 59.0 Å². The topological polar surface area (TPSA) is 110 Å². The summed E-state index contributed by atoms with van der Waals surface area (Å²) in [6.45, 7) is 5.20. The third-order valence-electron chi connectivity index (χ3n) is 6.82. The monoisotopic (exact) mass is 501 g/mol. The first-order valence-corrected chi connectivity index (χ1v) is 11.8. The highest BCUT2D eigenvalue weighted by atomic mass is 35.5. The number of benzene rings is 1. The number of amides is 1. The molecule has 2 aliphatic heterocycles. The highest BCUT2D eigenvalue weighted by Crippen LogP contribution is 2.40. The molecule has 9 nitrogen and oxygen atoms in total. The van der Waals surface area contributed by atoms with Gasteiger partial charge in [-0.2, -0.15) is 14.6 Å². The van der Waals surface area contributed by atoms with Crippen LogP contribution in [0, 0.1) is 35.9 Å². The van der Waals surface area contributed by atoms with E-state index in [4.69, 9.17) is 25.8 Å². The Morgan fingerprint density at radius 2 is 2.03 bits per heavy atom. The molecule has 11 heteroatoms. The standard InChI is InChI=1S/C24H25ClFN5O4/c1-13-16(7-27)18(4-3-17(13)25)30-21-19(26)22(29-12-28-21)34-20-14-8-31(9-15(20)11-33-10-14)23(32)35-24(2)5-6-24/h3-4,12,14-15,20H,5-6,8-11H2,1-2H3,(H,28,29,30). The minimum atomic E-state index is -0.772. The Morgan fingerprint density at radius 1 is 1.31 bits per heavy atom. The number of rotatable bonds is 5. The average Bonchev–Trinajstić information content (AvgIpc) is 3.55. The summed E-state index contributed by atoms with van der Waals surface area (Å²) in [5.74, 6) is -1.40. The van der Waals surface area contributed by atoms with Gasteiger partial charge >= 0.3 is 6.09 Å². The molecule has 3 heterocycles. The van der Waals surface area contributed by atoms with Crippen molar-refractivity contribution in [3.63, 3.8) is 0 Å². The molecular formula is C24H25ClFN5O4. The van der Waals surface area contributed by atoms with Crippen LogP contribution in [0.5, 0.6) is 5.88 Å². The molecule has 1 aliphatic carbocycles. The summed E-state index contributed by atoms with van der Waals surface area (Å²) in [6.07, 6.45) is 2.25. The average molecular weight is 502 g/mol. The van der Waals surface area contributed by atoms with E-state index < -0.39 is 5.82 Å². The molecule has 0 radical (unpaired) electrons. The van der Waals surface area contributed by atoms with Crippen molar-refractivity contribution in [3.8, 4) is 11.9 Å². The van der Waals surface area contributed by atoms with Gasteiger partial charge in [0.25, 0.3) is 5.88 Å². The van der Waals surface area contributed by atoms with Gasteiger partial charge < -0.3 is 24.4 Å². The van der Waals surface area contributed by atoms with Crippen molar-refractivity contribution >= 4 is 29.2 Å². The van der Waals surface area contributed by atoms with E-state index in [1.807, 2.05) is 6.92 Å². The Labute approximate surface area is 207 Å². The summed E-state index contributed by atoms with van der Waals surface area (Å²) >= 11 is 6.10. The van der Waals surface area contributed by atoms with Gasteiger partial charge in [0, 0.05) is 29.9 Å².